The molecule has 0 atom stereocenters. The van der Waals surface area contributed by atoms with Crippen molar-refractivity contribution < 1.29 is 13.6 Å². The molecule has 0 aromatic carbocycles. The van der Waals surface area contributed by atoms with Crippen molar-refractivity contribution in [3.63, 3.8) is 0 Å². The highest BCUT2D eigenvalue weighted by atomic mass is 31.2. The minimum Gasteiger partial charge on any atom is -0.351 e. The first-order valence-electron chi connectivity index (χ1n) is 13.2. The Labute approximate surface area is 217 Å². The topological polar surface area (TPSA) is 122 Å². The molecule has 4 N–H and O–H groups in total. The van der Waals surface area contributed by atoms with Gasteiger partial charge in [0, 0.05) is 34.2 Å². The van der Waals surface area contributed by atoms with Gasteiger partial charge in [-0.15, -0.1) is 0 Å². The molecule has 0 radical (unpaired) electrons. The van der Waals surface area contributed by atoms with E-state index in [1.807, 2.05) is 0 Å². The van der Waals surface area contributed by atoms with E-state index in [0.717, 1.165) is 25.7 Å². The molecular formula is C25H48N7O3P. The molecule has 1 aromatic rings. The maximum Gasteiger partial charge on any atom is 0.398 e. The van der Waals surface area contributed by atoms with Gasteiger partial charge in [0.25, 0.3) is 0 Å². The van der Waals surface area contributed by atoms with Crippen LogP contribution < -0.4 is 26.8 Å². The minimum absolute atomic E-state index is 0.0334. The molecule has 0 aliphatic carbocycles. The average molecular weight is 526 g/mol. The van der Waals surface area contributed by atoms with Crippen LogP contribution in [0.1, 0.15) is 94.9 Å². The van der Waals surface area contributed by atoms with Crippen LogP contribution in [0.4, 0.5) is 11.9 Å². The summed E-state index contributed by atoms with van der Waals surface area (Å²) in [6.07, 6.45) is 3.58. The summed E-state index contributed by atoms with van der Waals surface area (Å²) in [4.78, 5) is 13.9. The van der Waals surface area contributed by atoms with Crippen LogP contribution in [0, 0.1) is 0 Å². The molecule has 0 saturated carbocycles. The van der Waals surface area contributed by atoms with E-state index in [1.165, 1.54) is 0 Å². The molecule has 36 heavy (non-hydrogen) atoms. The van der Waals surface area contributed by atoms with Crippen molar-refractivity contribution in [3.8, 4) is 0 Å². The fraction of sp³-hybridized carbons (Fsp3) is 0.880. The molecule has 0 unspecified atom stereocenters. The molecule has 1 aromatic heterocycles. The maximum atomic E-state index is 13.6. The summed E-state index contributed by atoms with van der Waals surface area (Å²) < 4.78 is 24.8. The molecule has 2 aliphatic rings. The second-order valence-corrected chi connectivity index (χ2v) is 14.8. The fourth-order valence-electron chi connectivity index (χ4n) is 6.32. The molecule has 2 fully saturated rings. The van der Waals surface area contributed by atoms with E-state index in [1.54, 1.807) is 13.8 Å². The molecule has 3 heterocycles. The lowest BCUT2D eigenvalue weighted by atomic mass is 9.80. The van der Waals surface area contributed by atoms with Gasteiger partial charge in [-0.05, 0) is 94.9 Å². The van der Waals surface area contributed by atoms with E-state index >= 15 is 0 Å². The van der Waals surface area contributed by atoms with Gasteiger partial charge in [0.15, 0.2) is 0 Å². The lowest BCUT2D eigenvalue weighted by molar-refractivity contribution is 0.170. The molecule has 2 aliphatic heterocycles. The molecule has 0 spiro atoms. The zero-order valence-corrected chi connectivity index (χ0v) is 24.8. The number of aromatic nitrogens is 3. The predicted molar refractivity (Wildman–Crippen MR) is 146 cm³/mol. The average Bonchev–Trinajstić information content (AvgIpc) is 2.63. The van der Waals surface area contributed by atoms with E-state index in [-0.39, 0.29) is 53.0 Å². The quantitative estimate of drug-likeness (QED) is 0.349. The summed E-state index contributed by atoms with van der Waals surface area (Å²) >= 11 is 0. The van der Waals surface area contributed by atoms with Crippen molar-refractivity contribution in [2.45, 2.75) is 129 Å². The largest absolute Gasteiger partial charge is 0.398 e. The summed E-state index contributed by atoms with van der Waals surface area (Å²) in [7, 11) is -3.70. The first-order valence-corrected chi connectivity index (χ1v) is 14.8. The van der Waals surface area contributed by atoms with E-state index in [2.05, 4.69) is 86.6 Å². The van der Waals surface area contributed by atoms with Crippen molar-refractivity contribution >= 4 is 25.1 Å². The number of hydrogen-bond acceptors (Lipinski definition) is 10. The first kappa shape index (κ1) is 29.2. The van der Waals surface area contributed by atoms with Crippen LogP contribution >= 0.6 is 7.60 Å². The Morgan fingerprint density at radius 1 is 0.722 bits per heavy atom. The summed E-state index contributed by atoms with van der Waals surface area (Å²) in [6, 6.07) is 0.268. The van der Waals surface area contributed by atoms with Gasteiger partial charge in [-0.3, -0.25) is 4.57 Å². The van der Waals surface area contributed by atoms with Crippen molar-refractivity contribution in [1.29, 1.82) is 0 Å². The minimum atomic E-state index is -3.70. The smallest absolute Gasteiger partial charge is 0.351 e. The number of hydrogen-bond donors (Lipinski definition) is 4. The molecule has 11 heteroatoms. The molecule has 10 nitrogen and oxygen atoms in total. The normalized spacial score (nSPS) is 23.8. The lowest BCUT2D eigenvalue weighted by Crippen LogP contribution is -2.60. The highest BCUT2D eigenvalue weighted by molar-refractivity contribution is 7.61. The summed E-state index contributed by atoms with van der Waals surface area (Å²) in [5, 5.41) is 14.4. The third-order valence-corrected chi connectivity index (χ3v) is 8.40. The van der Waals surface area contributed by atoms with Crippen LogP contribution in [0.25, 0.3) is 0 Å². The number of rotatable bonds is 9. The van der Waals surface area contributed by atoms with Gasteiger partial charge in [-0.25, -0.2) is 0 Å². The van der Waals surface area contributed by atoms with Crippen molar-refractivity contribution in [1.82, 2.24) is 25.6 Å². The van der Waals surface area contributed by atoms with Crippen LogP contribution in [0.2, 0.25) is 0 Å². The molecular weight excluding hydrogens is 477 g/mol. The van der Waals surface area contributed by atoms with Gasteiger partial charge < -0.3 is 30.3 Å². The van der Waals surface area contributed by atoms with Gasteiger partial charge in [0.2, 0.25) is 17.5 Å². The zero-order chi connectivity index (χ0) is 27.0. The summed E-state index contributed by atoms with van der Waals surface area (Å²) in [5.41, 5.74) is -0.155. The highest BCUT2D eigenvalue weighted by Crippen LogP contribution is 2.46. The second-order valence-electron chi connectivity index (χ2n) is 12.9. The third-order valence-electron chi connectivity index (χ3n) is 6.51. The monoisotopic (exact) mass is 525 g/mol. The van der Waals surface area contributed by atoms with Gasteiger partial charge in [0.1, 0.15) is 0 Å². The van der Waals surface area contributed by atoms with Crippen LogP contribution in [-0.2, 0) is 13.6 Å². The van der Waals surface area contributed by atoms with Crippen LogP contribution in [-0.4, -0.2) is 62.4 Å². The standard InChI is InChI=1S/C25H48N7O3P/c1-11-34-36(33,35-12-2)21-29-19(26-17-13-22(3,4)31-23(5,6)14-17)28-20(30-21)27-18-15-24(7,8)32-25(9,10)16-18/h17-18,31-32H,11-16H2,1-10H3,(H2,26,27,28,29,30). The summed E-state index contributed by atoms with van der Waals surface area (Å²) in [5.74, 6) is 0.765. The SMILES string of the molecule is CCOP(=O)(OCC)c1nc(NC2CC(C)(C)NC(C)(C)C2)nc(NC2CC(C)(C)NC(C)(C)C2)n1. The zero-order valence-electron chi connectivity index (χ0n) is 23.9. The van der Waals surface area contributed by atoms with Crippen molar-refractivity contribution in [3.05, 3.63) is 0 Å². The third kappa shape index (κ3) is 7.84. The molecule has 3 rings (SSSR count). The van der Waals surface area contributed by atoms with Crippen LogP contribution in [0.15, 0.2) is 0 Å². The Kier molecular flexibility index (Phi) is 8.48. The Balaban J connectivity index is 1.96. The molecule has 2 saturated heterocycles. The maximum absolute atomic E-state index is 13.6. The highest BCUT2D eigenvalue weighted by Gasteiger charge is 2.40. The van der Waals surface area contributed by atoms with Gasteiger partial charge in [-0.1, -0.05) is 0 Å². The Morgan fingerprint density at radius 2 is 1.06 bits per heavy atom. The Morgan fingerprint density at radius 3 is 1.36 bits per heavy atom. The second kappa shape index (κ2) is 10.4. The number of piperidine rings is 2. The molecule has 0 amide bonds. The van der Waals surface area contributed by atoms with Crippen LogP contribution in [0.5, 0.6) is 0 Å². The van der Waals surface area contributed by atoms with E-state index in [0.29, 0.717) is 11.9 Å². The Hall–Kier alpha value is -1.32. The van der Waals surface area contributed by atoms with E-state index < -0.39 is 7.60 Å². The predicted octanol–water partition coefficient (Wildman–Crippen LogP) is 4.21. The van der Waals surface area contributed by atoms with E-state index in [4.69, 9.17) is 14.0 Å². The lowest BCUT2D eigenvalue weighted by Gasteiger charge is -2.47. The number of anilines is 2. The number of nitrogens with one attached hydrogen (secondary N) is 4. The van der Waals surface area contributed by atoms with E-state index in [9.17, 15) is 4.57 Å². The van der Waals surface area contributed by atoms with Gasteiger partial charge >= 0.3 is 7.60 Å². The first-order chi connectivity index (χ1) is 16.5. The van der Waals surface area contributed by atoms with Gasteiger partial charge in [-0.2, -0.15) is 15.0 Å². The van der Waals surface area contributed by atoms with Crippen molar-refractivity contribution in [2.75, 3.05) is 23.8 Å². The summed E-state index contributed by atoms with van der Waals surface area (Å²) in [6.45, 7) is 21.6. The Bertz CT molecular complexity index is 867. The number of nitrogens with zero attached hydrogens (tertiary/aromatic N) is 3. The van der Waals surface area contributed by atoms with Crippen molar-refractivity contribution in [2.24, 2.45) is 0 Å². The molecule has 0 bridgehead atoms. The fourth-order valence-corrected chi connectivity index (χ4v) is 7.74. The van der Waals surface area contributed by atoms with Crippen LogP contribution in [0.3, 0.4) is 0 Å². The molecule has 206 valence electrons. The van der Waals surface area contributed by atoms with Gasteiger partial charge in [0.05, 0.1) is 13.2 Å².